The molecular weight excluding hydrogens is 456 g/mol. The average molecular weight is 483 g/mol. The molecule has 1 aliphatic rings. The van der Waals surface area contributed by atoms with Crippen LogP contribution in [0.3, 0.4) is 0 Å². The van der Waals surface area contributed by atoms with E-state index in [0.29, 0.717) is 41.9 Å². The minimum atomic E-state index is -3.70. The first-order chi connectivity index (χ1) is 16.3. The number of sulfonamides is 1. The highest BCUT2D eigenvalue weighted by Crippen LogP contribution is 2.32. The lowest BCUT2D eigenvalue weighted by Gasteiger charge is -2.24. The number of benzene rings is 3. The Morgan fingerprint density at radius 3 is 2.29 bits per heavy atom. The zero-order valence-corrected chi connectivity index (χ0v) is 19.7. The van der Waals surface area contributed by atoms with Gasteiger partial charge in [-0.25, -0.2) is 8.42 Å². The number of fused-ring (bicyclic) bond motifs is 1. The standard InChI is InChI=1S/C25H26N2O6S/c1-18(19-8-13-23-24(16-19)32-15-14-31-23)26-25(28)17-27(34(2,29)30)20-9-11-22(12-10-20)33-21-6-4-3-5-7-21/h3-13,16,18H,14-15,17H2,1-2H3,(H,26,28). The SMILES string of the molecule is CC(NC(=O)CN(c1ccc(Oc2ccccc2)cc1)S(C)(=O)=O)c1ccc2c(c1)OCCO2. The van der Waals surface area contributed by atoms with Gasteiger partial charge in [-0.2, -0.15) is 0 Å². The van der Waals surface area contributed by atoms with E-state index in [2.05, 4.69) is 5.32 Å². The summed E-state index contributed by atoms with van der Waals surface area (Å²) in [5.74, 6) is 2.08. The average Bonchev–Trinajstić information content (AvgIpc) is 2.83. The minimum Gasteiger partial charge on any atom is -0.486 e. The van der Waals surface area contributed by atoms with Gasteiger partial charge in [0.2, 0.25) is 15.9 Å². The van der Waals surface area contributed by atoms with Gasteiger partial charge in [-0.15, -0.1) is 0 Å². The predicted octanol–water partition coefficient (Wildman–Crippen LogP) is 3.89. The van der Waals surface area contributed by atoms with Crippen LogP contribution in [0.25, 0.3) is 0 Å². The fourth-order valence-corrected chi connectivity index (χ4v) is 4.39. The second-order valence-corrected chi connectivity index (χ2v) is 9.78. The van der Waals surface area contributed by atoms with Gasteiger partial charge < -0.3 is 19.5 Å². The molecule has 34 heavy (non-hydrogen) atoms. The van der Waals surface area contributed by atoms with E-state index >= 15 is 0 Å². The first kappa shape index (κ1) is 23.4. The number of nitrogens with one attached hydrogen (secondary N) is 1. The summed E-state index contributed by atoms with van der Waals surface area (Å²) in [5.41, 5.74) is 1.19. The van der Waals surface area contributed by atoms with Crippen molar-refractivity contribution in [1.82, 2.24) is 5.32 Å². The number of carbonyl (C=O) groups excluding carboxylic acids is 1. The van der Waals surface area contributed by atoms with Crippen molar-refractivity contribution in [2.75, 3.05) is 30.3 Å². The molecule has 178 valence electrons. The lowest BCUT2D eigenvalue weighted by Crippen LogP contribution is -2.41. The van der Waals surface area contributed by atoms with Crippen LogP contribution in [-0.2, 0) is 14.8 Å². The number of rotatable bonds is 8. The van der Waals surface area contributed by atoms with Gasteiger partial charge in [-0.1, -0.05) is 24.3 Å². The molecule has 0 fully saturated rings. The zero-order chi connectivity index (χ0) is 24.1. The third-order valence-corrected chi connectivity index (χ3v) is 6.38. The maximum absolute atomic E-state index is 12.8. The molecule has 0 aromatic heterocycles. The van der Waals surface area contributed by atoms with Gasteiger partial charge in [0.05, 0.1) is 18.0 Å². The van der Waals surface area contributed by atoms with Gasteiger partial charge in [0.25, 0.3) is 0 Å². The van der Waals surface area contributed by atoms with Crippen LogP contribution in [0.2, 0.25) is 0 Å². The molecular formula is C25H26N2O6S. The van der Waals surface area contributed by atoms with Gasteiger partial charge in [0, 0.05) is 0 Å². The van der Waals surface area contributed by atoms with Crippen LogP contribution in [0, 0.1) is 0 Å². The molecule has 1 aliphatic heterocycles. The van der Waals surface area contributed by atoms with Crippen molar-refractivity contribution in [2.45, 2.75) is 13.0 Å². The minimum absolute atomic E-state index is 0.355. The summed E-state index contributed by atoms with van der Waals surface area (Å²) >= 11 is 0. The van der Waals surface area contributed by atoms with Gasteiger partial charge in [-0.3, -0.25) is 9.10 Å². The van der Waals surface area contributed by atoms with Crippen LogP contribution in [0.4, 0.5) is 5.69 Å². The van der Waals surface area contributed by atoms with E-state index < -0.39 is 15.9 Å². The molecule has 3 aromatic rings. The summed E-state index contributed by atoms with van der Waals surface area (Å²) in [6, 6.07) is 20.9. The van der Waals surface area contributed by atoms with Gasteiger partial charge in [-0.05, 0) is 61.0 Å². The van der Waals surface area contributed by atoms with Crippen LogP contribution in [0.15, 0.2) is 72.8 Å². The van der Waals surface area contributed by atoms with Crippen LogP contribution in [0.1, 0.15) is 18.5 Å². The summed E-state index contributed by atoms with van der Waals surface area (Å²) in [7, 11) is -3.70. The fourth-order valence-electron chi connectivity index (χ4n) is 3.54. The summed E-state index contributed by atoms with van der Waals surface area (Å²) in [4.78, 5) is 12.8. The quantitative estimate of drug-likeness (QED) is 0.524. The number of ether oxygens (including phenoxy) is 3. The van der Waals surface area contributed by atoms with Crippen molar-refractivity contribution in [3.8, 4) is 23.0 Å². The second kappa shape index (κ2) is 10.0. The van der Waals surface area contributed by atoms with Crippen molar-refractivity contribution in [3.63, 3.8) is 0 Å². The second-order valence-electron chi connectivity index (χ2n) is 7.87. The number of hydrogen-bond acceptors (Lipinski definition) is 6. The third kappa shape index (κ3) is 5.79. The summed E-state index contributed by atoms with van der Waals surface area (Å²) in [6.45, 7) is 2.44. The molecule has 1 heterocycles. The Kier molecular flexibility index (Phi) is 6.93. The monoisotopic (exact) mass is 482 g/mol. The van der Waals surface area contributed by atoms with Crippen LogP contribution >= 0.6 is 0 Å². The number of amides is 1. The van der Waals surface area contributed by atoms with Crippen LogP contribution < -0.4 is 23.8 Å². The van der Waals surface area contributed by atoms with E-state index in [1.165, 1.54) is 0 Å². The van der Waals surface area contributed by atoms with Crippen molar-refractivity contribution < 1.29 is 27.4 Å². The Balaban J connectivity index is 1.43. The topological polar surface area (TPSA) is 94.2 Å². The summed E-state index contributed by atoms with van der Waals surface area (Å²) in [5, 5.41) is 2.85. The molecule has 1 N–H and O–H groups in total. The molecule has 4 rings (SSSR count). The number of carbonyl (C=O) groups is 1. The molecule has 0 bridgehead atoms. The van der Waals surface area contributed by atoms with Gasteiger partial charge in [0.15, 0.2) is 11.5 Å². The first-order valence-electron chi connectivity index (χ1n) is 10.8. The Morgan fingerprint density at radius 1 is 0.971 bits per heavy atom. The first-order valence-corrected chi connectivity index (χ1v) is 12.6. The number of anilines is 1. The molecule has 3 aromatic carbocycles. The molecule has 0 saturated heterocycles. The lowest BCUT2D eigenvalue weighted by atomic mass is 10.1. The molecule has 1 amide bonds. The summed E-state index contributed by atoms with van der Waals surface area (Å²) < 4.78 is 42.8. The molecule has 1 unspecified atom stereocenters. The highest BCUT2D eigenvalue weighted by atomic mass is 32.2. The van der Waals surface area contributed by atoms with Crippen molar-refractivity contribution >= 4 is 21.6 Å². The highest BCUT2D eigenvalue weighted by molar-refractivity contribution is 7.92. The molecule has 9 heteroatoms. The number of nitrogens with zero attached hydrogens (tertiary/aromatic N) is 1. The van der Waals surface area contributed by atoms with Crippen molar-refractivity contribution in [2.24, 2.45) is 0 Å². The van der Waals surface area contributed by atoms with E-state index in [4.69, 9.17) is 14.2 Å². The molecule has 0 radical (unpaired) electrons. The van der Waals surface area contributed by atoms with Crippen LogP contribution in [0.5, 0.6) is 23.0 Å². The number of hydrogen-bond donors (Lipinski definition) is 1. The smallest absolute Gasteiger partial charge is 0.241 e. The normalized spacial score (nSPS) is 13.6. The molecule has 0 saturated carbocycles. The van der Waals surface area contributed by atoms with E-state index in [-0.39, 0.29) is 12.6 Å². The lowest BCUT2D eigenvalue weighted by molar-refractivity contribution is -0.120. The molecule has 0 spiro atoms. The van der Waals surface area contributed by atoms with E-state index in [1.807, 2.05) is 49.4 Å². The highest BCUT2D eigenvalue weighted by Gasteiger charge is 2.23. The Hall–Kier alpha value is -3.72. The van der Waals surface area contributed by atoms with E-state index in [0.717, 1.165) is 16.1 Å². The third-order valence-electron chi connectivity index (χ3n) is 5.23. The van der Waals surface area contributed by atoms with E-state index in [9.17, 15) is 13.2 Å². The van der Waals surface area contributed by atoms with E-state index in [1.54, 1.807) is 30.3 Å². The Morgan fingerprint density at radius 2 is 1.62 bits per heavy atom. The molecule has 8 nitrogen and oxygen atoms in total. The summed E-state index contributed by atoms with van der Waals surface area (Å²) in [6.07, 6.45) is 1.07. The van der Waals surface area contributed by atoms with Gasteiger partial charge in [0.1, 0.15) is 31.3 Å². The predicted molar refractivity (Wildman–Crippen MR) is 129 cm³/mol. The van der Waals surface area contributed by atoms with Crippen LogP contribution in [-0.4, -0.2) is 40.3 Å². The van der Waals surface area contributed by atoms with Gasteiger partial charge >= 0.3 is 0 Å². The maximum Gasteiger partial charge on any atom is 0.241 e. The van der Waals surface area contributed by atoms with Crippen molar-refractivity contribution in [1.29, 1.82) is 0 Å². The Labute approximate surface area is 199 Å². The number of para-hydroxylation sites is 1. The fraction of sp³-hybridized carbons (Fsp3) is 0.240. The molecule has 1 atom stereocenters. The largest absolute Gasteiger partial charge is 0.486 e. The zero-order valence-electron chi connectivity index (χ0n) is 18.9. The Bertz CT molecular complexity index is 1250. The van der Waals surface area contributed by atoms with Crippen molar-refractivity contribution in [3.05, 3.63) is 78.4 Å². The molecule has 0 aliphatic carbocycles. The maximum atomic E-state index is 12.8.